The number of nitrogens with one attached hydrogen (secondary N) is 1. The van der Waals surface area contributed by atoms with E-state index in [-0.39, 0.29) is 5.82 Å². The summed E-state index contributed by atoms with van der Waals surface area (Å²) < 4.78 is 19.4. The van der Waals surface area contributed by atoms with Crippen molar-refractivity contribution in [1.82, 2.24) is 10.3 Å². The molecule has 0 fully saturated rings. The summed E-state index contributed by atoms with van der Waals surface area (Å²) in [6, 6.07) is 4.61. The van der Waals surface area contributed by atoms with Crippen LogP contribution in [0.2, 0.25) is 0 Å². The maximum Gasteiger partial charge on any atom is 0.196 e. The molecule has 1 aromatic carbocycles. The predicted octanol–water partition coefficient (Wildman–Crippen LogP) is 2.85. The number of halogens is 2. The number of aromatic nitrogens is 1. The molecule has 0 atom stereocenters. The van der Waals surface area contributed by atoms with Crippen LogP contribution < -0.4 is 5.32 Å². The van der Waals surface area contributed by atoms with Gasteiger partial charge in [-0.3, -0.25) is 0 Å². The topological polar surface area (TPSA) is 38.1 Å². The minimum atomic E-state index is -0.243. The van der Waals surface area contributed by atoms with Gasteiger partial charge in [-0.05, 0) is 47.8 Å². The van der Waals surface area contributed by atoms with E-state index in [0.29, 0.717) is 11.7 Å². The molecule has 0 amide bonds. The zero-order valence-electron chi connectivity index (χ0n) is 9.34. The van der Waals surface area contributed by atoms with E-state index in [0.717, 1.165) is 22.1 Å². The third kappa shape index (κ3) is 3.04. The van der Waals surface area contributed by atoms with Gasteiger partial charge in [0, 0.05) is 22.1 Å². The molecule has 1 heterocycles. The molecule has 17 heavy (non-hydrogen) atoms. The highest BCUT2D eigenvalue weighted by Crippen LogP contribution is 2.26. The van der Waals surface area contributed by atoms with E-state index in [9.17, 15) is 4.39 Å². The smallest absolute Gasteiger partial charge is 0.196 e. The number of benzene rings is 1. The van der Waals surface area contributed by atoms with Crippen molar-refractivity contribution in [3.8, 4) is 11.3 Å². The highest BCUT2D eigenvalue weighted by Gasteiger charge is 2.09. The van der Waals surface area contributed by atoms with Gasteiger partial charge in [-0.2, -0.15) is 0 Å². The fourth-order valence-electron chi connectivity index (χ4n) is 1.47. The second kappa shape index (κ2) is 5.59. The molecule has 0 unspecified atom stereocenters. The van der Waals surface area contributed by atoms with Crippen molar-refractivity contribution >= 4 is 22.6 Å². The number of oxazole rings is 1. The molecule has 1 N–H and O–H groups in total. The van der Waals surface area contributed by atoms with Crippen LogP contribution in [0.15, 0.2) is 28.8 Å². The molecule has 0 saturated heterocycles. The summed E-state index contributed by atoms with van der Waals surface area (Å²) in [4.78, 5) is 4.19. The Labute approximate surface area is 113 Å². The number of likely N-dealkylation sites (N-methyl/N-ethyl adjacent to an activating group) is 1. The van der Waals surface area contributed by atoms with E-state index in [4.69, 9.17) is 4.42 Å². The maximum atomic E-state index is 13.0. The van der Waals surface area contributed by atoms with Crippen LogP contribution in [0.3, 0.4) is 0 Å². The molecule has 0 spiro atoms. The van der Waals surface area contributed by atoms with Gasteiger partial charge >= 0.3 is 0 Å². The summed E-state index contributed by atoms with van der Waals surface area (Å²) in [5, 5.41) is 3.03. The first-order valence-electron chi connectivity index (χ1n) is 5.25. The molecule has 2 rings (SSSR count). The quantitative estimate of drug-likeness (QED) is 0.866. The highest BCUT2D eigenvalue weighted by molar-refractivity contribution is 14.1. The van der Waals surface area contributed by atoms with Crippen molar-refractivity contribution in [3.05, 3.63) is 39.7 Å². The predicted molar refractivity (Wildman–Crippen MR) is 72.2 cm³/mol. The molecule has 2 aromatic rings. The van der Waals surface area contributed by atoms with Crippen LogP contribution in [0.1, 0.15) is 5.89 Å². The molecule has 0 aliphatic carbocycles. The lowest BCUT2D eigenvalue weighted by atomic mass is 10.2. The monoisotopic (exact) mass is 346 g/mol. The van der Waals surface area contributed by atoms with Gasteiger partial charge in [0.25, 0.3) is 0 Å². The van der Waals surface area contributed by atoms with E-state index in [1.165, 1.54) is 12.1 Å². The number of rotatable bonds is 4. The van der Waals surface area contributed by atoms with Crippen molar-refractivity contribution in [2.24, 2.45) is 0 Å². The first kappa shape index (κ1) is 12.5. The van der Waals surface area contributed by atoms with Crippen LogP contribution in [-0.4, -0.2) is 18.6 Å². The molecule has 0 aliphatic heterocycles. The van der Waals surface area contributed by atoms with Gasteiger partial charge in [0.15, 0.2) is 11.7 Å². The molecule has 1 aromatic heterocycles. The largest absolute Gasteiger partial charge is 0.441 e. The van der Waals surface area contributed by atoms with Gasteiger partial charge in [-0.25, -0.2) is 9.37 Å². The average molecular weight is 346 g/mol. The van der Waals surface area contributed by atoms with Crippen molar-refractivity contribution < 1.29 is 8.81 Å². The summed E-state index contributed by atoms with van der Waals surface area (Å²) in [6.07, 6.45) is 2.43. The standard InChI is InChI=1S/C12H12FIN2O/c1-15-5-4-12-16-7-11(17-12)9-3-2-8(13)6-10(9)14/h2-3,6-7,15H,4-5H2,1H3. The number of nitrogens with zero attached hydrogens (tertiary/aromatic N) is 1. The van der Waals surface area contributed by atoms with E-state index in [1.54, 1.807) is 12.3 Å². The van der Waals surface area contributed by atoms with Gasteiger partial charge < -0.3 is 9.73 Å². The fraction of sp³-hybridized carbons (Fsp3) is 0.250. The maximum absolute atomic E-state index is 13.0. The lowest BCUT2D eigenvalue weighted by Crippen LogP contribution is -2.10. The molecule has 3 nitrogen and oxygen atoms in total. The molecule has 0 saturated carbocycles. The molecular formula is C12H12FIN2O. The summed E-state index contributed by atoms with van der Waals surface area (Å²) in [7, 11) is 1.88. The van der Waals surface area contributed by atoms with Crippen molar-refractivity contribution in [2.75, 3.05) is 13.6 Å². The normalized spacial score (nSPS) is 10.8. The van der Waals surface area contributed by atoms with E-state index >= 15 is 0 Å². The van der Waals surface area contributed by atoms with Crippen LogP contribution in [0, 0.1) is 9.39 Å². The zero-order valence-corrected chi connectivity index (χ0v) is 11.5. The summed E-state index contributed by atoms with van der Waals surface area (Å²) >= 11 is 2.09. The third-order valence-corrected chi connectivity index (χ3v) is 3.23. The lowest BCUT2D eigenvalue weighted by Gasteiger charge is -2.00. The average Bonchev–Trinajstić information content (AvgIpc) is 2.75. The van der Waals surface area contributed by atoms with Crippen LogP contribution in [0.25, 0.3) is 11.3 Å². The Morgan fingerprint density at radius 1 is 1.47 bits per heavy atom. The fourth-order valence-corrected chi connectivity index (χ4v) is 2.21. The van der Waals surface area contributed by atoms with Gasteiger partial charge in [0.05, 0.1) is 6.20 Å². The first-order valence-corrected chi connectivity index (χ1v) is 6.33. The van der Waals surface area contributed by atoms with Gasteiger partial charge in [0.2, 0.25) is 0 Å². The molecule has 0 aliphatic rings. The van der Waals surface area contributed by atoms with Gasteiger partial charge in [-0.15, -0.1) is 0 Å². The van der Waals surface area contributed by atoms with E-state index < -0.39 is 0 Å². The molecular weight excluding hydrogens is 334 g/mol. The summed E-state index contributed by atoms with van der Waals surface area (Å²) in [6.45, 7) is 0.820. The summed E-state index contributed by atoms with van der Waals surface area (Å²) in [5.74, 6) is 1.13. The highest BCUT2D eigenvalue weighted by atomic mass is 127. The Kier molecular flexibility index (Phi) is 4.11. The van der Waals surface area contributed by atoms with Crippen LogP contribution in [0.5, 0.6) is 0 Å². The SMILES string of the molecule is CNCCc1ncc(-c2ccc(F)cc2I)o1. The Morgan fingerprint density at radius 2 is 2.29 bits per heavy atom. The van der Waals surface area contributed by atoms with Crippen molar-refractivity contribution in [2.45, 2.75) is 6.42 Å². The van der Waals surface area contributed by atoms with Crippen LogP contribution >= 0.6 is 22.6 Å². The van der Waals surface area contributed by atoms with Crippen LogP contribution in [-0.2, 0) is 6.42 Å². The van der Waals surface area contributed by atoms with Crippen molar-refractivity contribution in [1.29, 1.82) is 0 Å². The minimum absolute atomic E-state index is 0.243. The van der Waals surface area contributed by atoms with Gasteiger partial charge in [-0.1, -0.05) is 0 Å². The Bertz CT molecular complexity index is 513. The molecule has 5 heteroatoms. The minimum Gasteiger partial charge on any atom is -0.441 e. The number of hydrogen-bond acceptors (Lipinski definition) is 3. The lowest BCUT2D eigenvalue weighted by molar-refractivity contribution is 0.500. The third-order valence-electron chi connectivity index (χ3n) is 2.34. The molecule has 0 bridgehead atoms. The first-order chi connectivity index (χ1) is 8.20. The Hall–Kier alpha value is -0.950. The molecule has 90 valence electrons. The Morgan fingerprint density at radius 3 is 3.00 bits per heavy atom. The molecule has 0 radical (unpaired) electrons. The number of hydrogen-bond donors (Lipinski definition) is 1. The second-order valence-corrected chi connectivity index (χ2v) is 4.76. The van der Waals surface area contributed by atoms with E-state index in [1.807, 2.05) is 7.05 Å². The summed E-state index contributed by atoms with van der Waals surface area (Å²) in [5.41, 5.74) is 0.871. The van der Waals surface area contributed by atoms with Crippen LogP contribution in [0.4, 0.5) is 4.39 Å². The van der Waals surface area contributed by atoms with Crippen molar-refractivity contribution in [3.63, 3.8) is 0 Å². The Balaban J connectivity index is 2.24. The van der Waals surface area contributed by atoms with E-state index in [2.05, 4.69) is 32.9 Å². The second-order valence-electron chi connectivity index (χ2n) is 3.60. The zero-order chi connectivity index (χ0) is 12.3. The van der Waals surface area contributed by atoms with Gasteiger partial charge in [0.1, 0.15) is 5.82 Å².